The van der Waals surface area contributed by atoms with Crippen LogP contribution >= 0.6 is 11.6 Å². The van der Waals surface area contributed by atoms with Crippen LogP contribution in [-0.2, 0) is 16.1 Å². The molecule has 0 aliphatic rings. The second kappa shape index (κ2) is 6.95. The molecule has 2 aromatic rings. The summed E-state index contributed by atoms with van der Waals surface area (Å²) in [4.78, 5) is 15.4. The molecule has 0 aliphatic carbocycles. The smallest absolute Gasteiger partial charge is 0.330 e. The van der Waals surface area contributed by atoms with Crippen LogP contribution in [-0.4, -0.2) is 22.1 Å². The highest BCUT2D eigenvalue weighted by Crippen LogP contribution is 2.17. The van der Waals surface area contributed by atoms with Gasteiger partial charge < -0.3 is 15.0 Å². The Kier molecular flexibility index (Phi) is 5.00. The molecule has 1 aromatic heterocycles. The van der Waals surface area contributed by atoms with Crippen molar-refractivity contribution in [1.82, 2.24) is 9.55 Å². The molecule has 2 N–H and O–H groups in total. The number of rotatable bonds is 5. The molecule has 0 saturated carbocycles. The minimum atomic E-state index is -0.409. The van der Waals surface area contributed by atoms with E-state index in [-0.39, 0.29) is 0 Å². The summed E-state index contributed by atoms with van der Waals surface area (Å²) in [5.74, 6) is -0.409. The molecule has 0 unspecified atom stereocenters. The zero-order chi connectivity index (χ0) is 15.2. The first-order valence-corrected chi connectivity index (χ1v) is 6.88. The van der Waals surface area contributed by atoms with E-state index in [9.17, 15) is 4.79 Å². The average molecular weight is 306 g/mol. The van der Waals surface area contributed by atoms with Gasteiger partial charge in [0.2, 0.25) is 0 Å². The number of nitrogen functional groups attached to an aromatic ring is 1. The molecular weight excluding hydrogens is 290 g/mol. The number of benzene rings is 1. The minimum Gasteiger partial charge on any atom is -0.463 e. The zero-order valence-electron chi connectivity index (χ0n) is 11.6. The van der Waals surface area contributed by atoms with Gasteiger partial charge in [-0.25, -0.2) is 9.78 Å². The predicted octanol–water partition coefficient (Wildman–Crippen LogP) is 2.74. The third kappa shape index (κ3) is 4.10. The number of halogens is 1. The maximum Gasteiger partial charge on any atom is 0.330 e. The molecule has 2 rings (SSSR count). The summed E-state index contributed by atoms with van der Waals surface area (Å²) in [6.07, 6.45) is 4.57. The van der Waals surface area contributed by atoms with E-state index < -0.39 is 5.97 Å². The lowest BCUT2D eigenvalue weighted by atomic mass is 10.2. The molecule has 110 valence electrons. The molecule has 21 heavy (non-hydrogen) atoms. The van der Waals surface area contributed by atoms with Crippen LogP contribution in [0.1, 0.15) is 18.2 Å². The van der Waals surface area contributed by atoms with Crippen molar-refractivity contribution >= 4 is 29.3 Å². The maximum absolute atomic E-state index is 11.4. The fourth-order valence-corrected chi connectivity index (χ4v) is 2.03. The number of anilines is 1. The topological polar surface area (TPSA) is 70.1 Å². The zero-order valence-corrected chi connectivity index (χ0v) is 12.4. The van der Waals surface area contributed by atoms with Gasteiger partial charge in [0.05, 0.1) is 18.6 Å². The molecule has 0 saturated heterocycles. The Morgan fingerprint density at radius 2 is 2.14 bits per heavy atom. The van der Waals surface area contributed by atoms with Gasteiger partial charge in [-0.2, -0.15) is 0 Å². The first-order chi connectivity index (χ1) is 10.1. The highest BCUT2D eigenvalue weighted by Gasteiger charge is 2.07. The van der Waals surface area contributed by atoms with E-state index in [1.807, 2.05) is 28.8 Å². The van der Waals surface area contributed by atoms with Gasteiger partial charge in [-0.05, 0) is 30.7 Å². The van der Waals surface area contributed by atoms with Crippen molar-refractivity contribution in [2.24, 2.45) is 0 Å². The molecule has 1 aromatic carbocycles. The molecule has 0 radical (unpaired) electrons. The first-order valence-electron chi connectivity index (χ1n) is 6.50. The van der Waals surface area contributed by atoms with Crippen molar-refractivity contribution in [2.75, 3.05) is 12.3 Å². The number of hydrogen-bond acceptors (Lipinski definition) is 4. The van der Waals surface area contributed by atoms with Gasteiger partial charge in [0, 0.05) is 18.3 Å². The number of ether oxygens (including phenoxy) is 1. The van der Waals surface area contributed by atoms with Crippen LogP contribution in [0.4, 0.5) is 5.69 Å². The summed E-state index contributed by atoms with van der Waals surface area (Å²) in [5, 5.41) is 0.339. The number of aromatic nitrogens is 2. The summed E-state index contributed by atoms with van der Waals surface area (Å²) in [6.45, 7) is 2.67. The lowest BCUT2D eigenvalue weighted by Crippen LogP contribution is -2.02. The molecule has 0 fully saturated rings. The van der Waals surface area contributed by atoms with E-state index in [1.165, 1.54) is 6.08 Å². The fourth-order valence-electron chi connectivity index (χ4n) is 1.81. The van der Waals surface area contributed by atoms with Gasteiger partial charge in [0.15, 0.2) is 5.15 Å². The number of imidazole rings is 1. The Hall–Kier alpha value is -2.27. The Morgan fingerprint density at radius 1 is 1.43 bits per heavy atom. The number of nitrogens with two attached hydrogens (primary N) is 1. The first kappa shape index (κ1) is 15.1. The second-order valence-corrected chi connectivity index (χ2v) is 4.73. The number of carbonyl (C=O) groups is 1. The number of esters is 1. The van der Waals surface area contributed by atoms with Crippen LogP contribution in [0.5, 0.6) is 0 Å². The number of carbonyl (C=O) groups excluding carboxylic acids is 1. The van der Waals surface area contributed by atoms with Crippen LogP contribution in [0.2, 0.25) is 5.15 Å². The van der Waals surface area contributed by atoms with Gasteiger partial charge >= 0.3 is 5.97 Å². The van der Waals surface area contributed by atoms with E-state index in [2.05, 4.69) is 4.98 Å². The fraction of sp³-hybridized carbons (Fsp3) is 0.200. The monoisotopic (exact) mass is 305 g/mol. The van der Waals surface area contributed by atoms with Gasteiger partial charge in [0.1, 0.15) is 0 Å². The van der Waals surface area contributed by atoms with Crippen molar-refractivity contribution in [2.45, 2.75) is 13.5 Å². The molecule has 0 amide bonds. The average Bonchev–Trinajstić information content (AvgIpc) is 2.80. The van der Waals surface area contributed by atoms with Crippen molar-refractivity contribution in [1.29, 1.82) is 0 Å². The third-order valence-electron chi connectivity index (χ3n) is 2.83. The van der Waals surface area contributed by atoms with Gasteiger partial charge in [-0.1, -0.05) is 23.7 Å². The van der Waals surface area contributed by atoms with Gasteiger partial charge in [-0.15, -0.1) is 0 Å². The van der Waals surface area contributed by atoms with Crippen molar-refractivity contribution in [3.8, 4) is 0 Å². The minimum absolute atomic E-state index is 0.335. The molecule has 6 heteroatoms. The van der Waals surface area contributed by atoms with Crippen LogP contribution in [0, 0.1) is 0 Å². The standard InChI is InChI=1S/C15H16ClN3O2/c1-2-21-14(20)8-7-13-15(16)18-10-19(13)9-11-3-5-12(17)6-4-11/h3-8,10H,2,9,17H2,1H3. The van der Waals surface area contributed by atoms with Crippen LogP contribution < -0.4 is 5.73 Å². The van der Waals surface area contributed by atoms with E-state index in [0.717, 1.165) is 5.56 Å². The molecule has 0 aliphatic heterocycles. The van der Waals surface area contributed by atoms with Crippen LogP contribution in [0.25, 0.3) is 6.08 Å². The van der Waals surface area contributed by atoms with Crippen LogP contribution in [0.15, 0.2) is 36.7 Å². The quantitative estimate of drug-likeness (QED) is 0.524. The summed E-state index contributed by atoms with van der Waals surface area (Å²) < 4.78 is 6.69. The molecular formula is C15H16ClN3O2. The van der Waals surface area contributed by atoms with E-state index >= 15 is 0 Å². The second-order valence-electron chi connectivity index (χ2n) is 4.38. The Morgan fingerprint density at radius 3 is 2.81 bits per heavy atom. The number of nitrogens with zero attached hydrogens (tertiary/aromatic N) is 2. The lowest BCUT2D eigenvalue weighted by Gasteiger charge is -2.06. The normalized spacial score (nSPS) is 11.0. The molecule has 0 spiro atoms. The van der Waals surface area contributed by atoms with E-state index in [4.69, 9.17) is 22.1 Å². The van der Waals surface area contributed by atoms with E-state index in [1.54, 1.807) is 19.3 Å². The maximum atomic E-state index is 11.4. The van der Waals surface area contributed by atoms with Crippen molar-refractivity contribution in [3.05, 3.63) is 53.1 Å². The molecule has 0 atom stereocenters. The van der Waals surface area contributed by atoms with Gasteiger partial charge in [-0.3, -0.25) is 0 Å². The highest BCUT2D eigenvalue weighted by molar-refractivity contribution is 6.30. The van der Waals surface area contributed by atoms with Crippen LogP contribution in [0.3, 0.4) is 0 Å². The molecule has 1 heterocycles. The predicted molar refractivity (Wildman–Crippen MR) is 82.9 cm³/mol. The van der Waals surface area contributed by atoms with Crippen molar-refractivity contribution in [3.63, 3.8) is 0 Å². The molecule has 5 nitrogen and oxygen atoms in total. The summed E-state index contributed by atoms with van der Waals surface area (Å²) in [7, 11) is 0. The van der Waals surface area contributed by atoms with Crippen molar-refractivity contribution < 1.29 is 9.53 Å². The summed E-state index contributed by atoms with van der Waals surface area (Å²) in [5.41, 5.74) is 8.09. The Bertz CT molecular complexity index is 647. The highest BCUT2D eigenvalue weighted by atomic mass is 35.5. The summed E-state index contributed by atoms with van der Waals surface area (Å²) >= 11 is 6.04. The third-order valence-corrected chi connectivity index (χ3v) is 3.12. The van der Waals surface area contributed by atoms with E-state index in [0.29, 0.717) is 29.7 Å². The number of hydrogen-bond donors (Lipinski definition) is 1. The lowest BCUT2D eigenvalue weighted by molar-refractivity contribution is -0.137. The molecule has 0 bridgehead atoms. The largest absolute Gasteiger partial charge is 0.463 e. The SMILES string of the molecule is CCOC(=O)C=Cc1c(Cl)ncn1Cc1ccc(N)cc1. The van der Waals surface area contributed by atoms with Gasteiger partial charge in [0.25, 0.3) is 0 Å². The Balaban J connectivity index is 2.17. The summed E-state index contributed by atoms with van der Waals surface area (Å²) in [6, 6.07) is 7.54. The Labute approximate surface area is 128 Å².